The molecule has 0 bridgehead atoms. The van der Waals surface area contributed by atoms with Crippen LogP contribution in [0.4, 0.5) is 0 Å². The zero-order valence-electron chi connectivity index (χ0n) is 26.3. The van der Waals surface area contributed by atoms with E-state index in [0.29, 0.717) is 44.6 Å². The second-order valence-corrected chi connectivity index (χ2v) is 19.0. The second kappa shape index (κ2) is 13.8. The van der Waals surface area contributed by atoms with Crippen molar-refractivity contribution in [2.75, 3.05) is 13.7 Å². The number of esters is 1. The maximum absolute atomic E-state index is 12.0. The fourth-order valence-corrected chi connectivity index (χ4v) is 7.23. The van der Waals surface area contributed by atoms with E-state index < -0.39 is 26.3 Å². The third kappa shape index (κ3) is 9.72. The van der Waals surface area contributed by atoms with E-state index in [-0.39, 0.29) is 54.1 Å². The highest BCUT2D eigenvalue weighted by Gasteiger charge is 2.43. The van der Waals surface area contributed by atoms with E-state index in [1.54, 1.807) is 0 Å². The first-order valence-corrected chi connectivity index (χ1v) is 18.1. The van der Waals surface area contributed by atoms with Crippen LogP contribution >= 0.6 is 0 Å². The maximum Gasteiger partial charge on any atom is 0.308 e. The van der Waals surface area contributed by atoms with Gasteiger partial charge in [0.1, 0.15) is 6.10 Å². The third-order valence-corrected chi connectivity index (χ3v) is 13.8. The quantitative estimate of drug-likeness (QED) is 0.262. The van der Waals surface area contributed by atoms with Crippen LogP contribution in [0.1, 0.15) is 92.9 Å². The molecule has 9 atom stereocenters. The molecular weight excluding hydrogens is 532 g/mol. The lowest BCUT2D eigenvalue weighted by molar-refractivity contribution is -0.161. The van der Waals surface area contributed by atoms with Gasteiger partial charge in [0.25, 0.3) is 0 Å². The molecule has 0 aromatic rings. The molecule has 3 aliphatic rings. The largest absolute Gasteiger partial charge is 0.469 e. The monoisotopic (exact) mass is 588 g/mol. The maximum atomic E-state index is 12.0. The normalized spacial score (nSPS) is 34.8. The number of carbonyl (C=O) groups excluding carboxylic acids is 1. The predicted molar refractivity (Wildman–Crippen MR) is 154 cm³/mol. The van der Waals surface area contributed by atoms with E-state index in [2.05, 4.69) is 40.8 Å². The van der Waals surface area contributed by atoms with E-state index in [1.807, 2.05) is 13.8 Å². The number of rotatable bonds is 11. The van der Waals surface area contributed by atoms with Gasteiger partial charge in [-0.15, -0.1) is 0 Å². The minimum atomic E-state index is -2.01. The molecule has 3 fully saturated rings. The van der Waals surface area contributed by atoms with Gasteiger partial charge in [0.2, 0.25) is 0 Å². The summed E-state index contributed by atoms with van der Waals surface area (Å²) in [5.74, 6) is -0.665. The molecule has 3 rings (SSSR count). The standard InChI is InChI=1S/C30H56O9Si/c1-19-10-11-21(16-25(32)27-18-35-30(5,6)38-27)37-26(19)13-20(31)12-22-14-24(39-40(8,9)29(2,3)4)15-23(36-22)17-28(33)34-7/h19-27,31-32H,10-18H2,1-9H3/t19-,20-,21-,22+,23+,24+,25+,26+,27+/m0/s1. The van der Waals surface area contributed by atoms with Crippen molar-refractivity contribution in [3.8, 4) is 0 Å². The molecule has 0 aliphatic carbocycles. The molecule has 0 unspecified atom stereocenters. The van der Waals surface area contributed by atoms with Crippen molar-refractivity contribution in [2.24, 2.45) is 5.92 Å². The lowest BCUT2D eigenvalue weighted by Gasteiger charge is -2.43. The summed E-state index contributed by atoms with van der Waals surface area (Å²) < 4.78 is 35.8. The predicted octanol–water partition coefficient (Wildman–Crippen LogP) is 4.71. The molecule has 10 heteroatoms. The Morgan fingerprint density at radius 3 is 2.30 bits per heavy atom. The van der Waals surface area contributed by atoms with Gasteiger partial charge in [0.05, 0.1) is 56.8 Å². The summed E-state index contributed by atoms with van der Waals surface area (Å²) in [6.45, 7) is 17.4. The topological polar surface area (TPSA) is 113 Å². The minimum Gasteiger partial charge on any atom is -0.469 e. The molecule has 3 heterocycles. The van der Waals surface area contributed by atoms with Gasteiger partial charge in [0, 0.05) is 12.5 Å². The molecule has 3 saturated heterocycles. The molecule has 0 aromatic carbocycles. The molecule has 0 aromatic heterocycles. The van der Waals surface area contributed by atoms with Gasteiger partial charge in [-0.25, -0.2) is 0 Å². The Morgan fingerprint density at radius 2 is 1.70 bits per heavy atom. The SMILES string of the molecule is COC(=O)C[C@H]1C[C@H](O[Si](C)(C)C(C)(C)C)C[C@@H](C[C@H](O)C[C@H]2O[C@H](C[C@@H](O)[C@H]3COC(C)(C)O3)CC[C@@H]2C)O1. The molecule has 234 valence electrons. The first-order valence-electron chi connectivity index (χ1n) is 15.2. The van der Waals surface area contributed by atoms with Gasteiger partial charge in [-0.2, -0.15) is 0 Å². The van der Waals surface area contributed by atoms with Crippen molar-refractivity contribution in [2.45, 2.75) is 166 Å². The van der Waals surface area contributed by atoms with E-state index in [1.165, 1.54) is 7.11 Å². The second-order valence-electron chi connectivity index (χ2n) is 14.3. The van der Waals surface area contributed by atoms with Crippen LogP contribution in [0.3, 0.4) is 0 Å². The van der Waals surface area contributed by atoms with Crippen LogP contribution in [0.15, 0.2) is 0 Å². The molecule has 0 spiro atoms. The first kappa shape index (κ1) is 33.9. The zero-order chi connectivity index (χ0) is 29.9. The van der Waals surface area contributed by atoms with Crippen LogP contribution in [0.2, 0.25) is 18.1 Å². The van der Waals surface area contributed by atoms with Crippen LogP contribution in [0.5, 0.6) is 0 Å². The summed E-state index contributed by atoms with van der Waals surface area (Å²) in [4.78, 5) is 12.0. The number of ether oxygens (including phenoxy) is 5. The van der Waals surface area contributed by atoms with E-state index >= 15 is 0 Å². The lowest BCUT2D eigenvalue weighted by atomic mass is 9.87. The fraction of sp³-hybridized carbons (Fsp3) is 0.967. The van der Waals surface area contributed by atoms with Crippen LogP contribution in [0.25, 0.3) is 0 Å². The molecule has 2 N–H and O–H groups in total. The van der Waals surface area contributed by atoms with Gasteiger partial charge < -0.3 is 38.3 Å². The minimum absolute atomic E-state index is 0.0241. The summed E-state index contributed by atoms with van der Waals surface area (Å²) in [7, 11) is -0.623. The van der Waals surface area contributed by atoms with Gasteiger partial charge in [-0.05, 0) is 76.4 Å². The van der Waals surface area contributed by atoms with Gasteiger partial charge >= 0.3 is 5.97 Å². The first-order chi connectivity index (χ1) is 18.5. The zero-order valence-corrected chi connectivity index (χ0v) is 27.3. The molecule has 40 heavy (non-hydrogen) atoms. The smallest absolute Gasteiger partial charge is 0.308 e. The van der Waals surface area contributed by atoms with Gasteiger partial charge in [0.15, 0.2) is 14.1 Å². The summed E-state index contributed by atoms with van der Waals surface area (Å²) >= 11 is 0. The summed E-state index contributed by atoms with van der Waals surface area (Å²) in [6.07, 6.45) is 2.45. The third-order valence-electron chi connectivity index (χ3n) is 9.28. The van der Waals surface area contributed by atoms with E-state index in [0.717, 1.165) is 12.8 Å². The molecule has 0 radical (unpaired) electrons. The highest BCUT2D eigenvalue weighted by Crippen LogP contribution is 2.40. The Kier molecular flexibility index (Phi) is 11.7. The number of carbonyl (C=O) groups is 1. The van der Waals surface area contributed by atoms with Crippen molar-refractivity contribution in [1.82, 2.24) is 0 Å². The van der Waals surface area contributed by atoms with Crippen LogP contribution in [0, 0.1) is 5.92 Å². The number of aliphatic hydroxyl groups is 2. The van der Waals surface area contributed by atoms with Gasteiger partial charge in [-0.1, -0.05) is 27.7 Å². The van der Waals surface area contributed by atoms with E-state index in [9.17, 15) is 15.0 Å². The average molecular weight is 589 g/mol. The highest BCUT2D eigenvalue weighted by molar-refractivity contribution is 6.74. The van der Waals surface area contributed by atoms with Crippen molar-refractivity contribution in [3.05, 3.63) is 0 Å². The van der Waals surface area contributed by atoms with E-state index in [4.69, 9.17) is 28.1 Å². The van der Waals surface area contributed by atoms with Crippen LogP contribution in [-0.2, 0) is 32.9 Å². The van der Waals surface area contributed by atoms with Crippen molar-refractivity contribution in [3.63, 3.8) is 0 Å². The van der Waals surface area contributed by atoms with Crippen LogP contribution < -0.4 is 0 Å². The Bertz CT molecular complexity index is 813. The Morgan fingerprint density at radius 1 is 1.02 bits per heavy atom. The Balaban J connectivity index is 1.56. The molecular formula is C30H56O9Si. The molecule has 9 nitrogen and oxygen atoms in total. The van der Waals surface area contributed by atoms with Crippen molar-refractivity contribution < 1.29 is 43.1 Å². The number of hydrogen-bond acceptors (Lipinski definition) is 9. The van der Waals surface area contributed by atoms with Crippen LogP contribution in [-0.4, -0.2) is 92.8 Å². The van der Waals surface area contributed by atoms with Gasteiger partial charge in [-0.3, -0.25) is 4.79 Å². The lowest BCUT2D eigenvalue weighted by Crippen LogP contribution is -2.48. The number of hydrogen-bond donors (Lipinski definition) is 2. The van der Waals surface area contributed by atoms with Crippen molar-refractivity contribution >= 4 is 14.3 Å². The number of methoxy groups -OCH3 is 1. The Hall–Kier alpha value is -0.593. The molecule has 0 saturated carbocycles. The molecule has 3 aliphatic heterocycles. The fourth-order valence-electron chi connectivity index (χ4n) is 5.85. The summed E-state index contributed by atoms with van der Waals surface area (Å²) in [5.41, 5.74) is 0. The summed E-state index contributed by atoms with van der Waals surface area (Å²) in [6, 6.07) is 0. The molecule has 0 amide bonds. The Labute approximate surface area is 242 Å². The average Bonchev–Trinajstić information content (AvgIpc) is 3.19. The number of aliphatic hydroxyl groups excluding tert-OH is 2. The summed E-state index contributed by atoms with van der Waals surface area (Å²) in [5, 5.41) is 22.0. The highest BCUT2D eigenvalue weighted by atomic mass is 28.4. The van der Waals surface area contributed by atoms with Crippen molar-refractivity contribution in [1.29, 1.82) is 0 Å².